The molecular weight excluding hydrogens is 202 g/mol. The summed E-state index contributed by atoms with van der Waals surface area (Å²) in [5, 5.41) is 3.94. The van der Waals surface area contributed by atoms with Gasteiger partial charge in [0, 0.05) is 24.8 Å². The van der Waals surface area contributed by atoms with Crippen molar-refractivity contribution in [3.8, 4) is 0 Å². The molecule has 1 aromatic carbocycles. The van der Waals surface area contributed by atoms with E-state index in [2.05, 4.69) is 5.32 Å². The van der Waals surface area contributed by atoms with Gasteiger partial charge >= 0.3 is 0 Å². The van der Waals surface area contributed by atoms with Gasteiger partial charge < -0.3 is 9.73 Å². The molecule has 0 aliphatic carbocycles. The molecule has 3 nitrogen and oxygen atoms in total. The molecule has 0 aliphatic heterocycles. The van der Waals surface area contributed by atoms with Gasteiger partial charge in [-0.2, -0.15) is 0 Å². The van der Waals surface area contributed by atoms with Crippen molar-refractivity contribution in [1.29, 1.82) is 0 Å². The molecule has 16 heavy (non-hydrogen) atoms. The molecule has 1 aromatic heterocycles. The van der Waals surface area contributed by atoms with E-state index in [1.54, 1.807) is 0 Å². The van der Waals surface area contributed by atoms with E-state index in [0.717, 1.165) is 23.2 Å². The molecule has 3 heteroatoms. The van der Waals surface area contributed by atoms with E-state index in [9.17, 15) is 4.79 Å². The molecule has 0 aliphatic rings. The highest BCUT2D eigenvalue weighted by molar-refractivity contribution is 5.77. The van der Waals surface area contributed by atoms with Crippen LogP contribution in [0, 0.1) is 0 Å². The molecule has 0 atom stereocenters. The number of para-hydroxylation sites is 1. The normalized spacial score (nSPS) is 10.6. The van der Waals surface area contributed by atoms with Crippen LogP contribution in [-0.2, 0) is 11.2 Å². The second kappa shape index (κ2) is 4.84. The number of amides is 1. The van der Waals surface area contributed by atoms with Gasteiger partial charge in [-0.05, 0) is 12.1 Å². The number of nitrogens with one attached hydrogen (secondary N) is 1. The highest BCUT2D eigenvalue weighted by Crippen LogP contribution is 2.18. The predicted octanol–water partition coefficient (Wildman–Crippen LogP) is 2.50. The maximum absolute atomic E-state index is 11.0. The predicted molar refractivity (Wildman–Crippen MR) is 63.2 cm³/mol. The first-order valence-corrected chi connectivity index (χ1v) is 5.53. The van der Waals surface area contributed by atoms with E-state index in [0.29, 0.717) is 13.0 Å². The summed E-state index contributed by atoms with van der Waals surface area (Å²) in [5.74, 6) is 0.994. The average Bonchev–Trinajstić information content (AvgIpc) is 2.71. The average molecular weight is 217 g/mol. The summed E-state index contributed by atoms with van der Waals surface area (Å²) in [6.07, 6.45) is 1.26. The van der Waals surface area contributed by atoms with Gasteiger partial charge in [0.25, 0.3) is 0 Å². The van der Waals surface area contributed by atoms with Crippen molar-refractivity contribution in [2.45, 2.75) is 19.8 Å². The number of carbonyl (C=O) groups is 1. The van der Waals surface area contributed by atoms with Crippen molar-refractivity contribution in [3.05, 3.63) is 36.1 Å². The molecule has 0 radical (unpaired) electrons. The monoisotopic (exact) mass is 217 g/mol. The first-order chi connectivity index (χ1) is 7.79. The van der Waals surface area contributed by atoms with Crippen LogP contribution in [0.4, 0.5) is 0 Å². The van der Waals surface area contributed by atoms with Gasteiger partial charge in [0.1, 0.15) is 11.3 Å². The Kier molecular flexibility index (Phi) is 3.25. The minimum Gasteiger partial charge on any atom is -0.461 e. The Balaban J connectivity index is 1.97. The number of rotatable bonds is 4. The van der Waals surface area contributed by atoms with Crippen LogP contribution in [0.25, 0.3) is 11.0 Å². The fraction of sp³-hybridized carbons (Fsp3) is 0.308. The van der Waals surface area contributed by atoms with E-state index in [-0.39, 0.29) is 5.91 Å². The molecule has 2 rings (SSSR count). The summed E-state index contributed by atoms with van der Waals surface area (Å²) in [6, 6.07) is 9.93. The zero-order chi connectivity index (χ0) is 11.4. The fourth-order valence-electron chi connectivity index (χ4n) is 1.61. The van der Waals surface area contributed by atoms with Crippen LogP contribution in [0.2, 0.25) is 0 Å². The number of fused-ring (bicyclic) bond motifs is 1. The van der Waals surface area contributed by atoms with E-state index in [4.69, 9.17) is 4.42 Å². The zero-order valence-corrected chi connectivity index (χ0v) is 9.32. The lowest BCUT2D eigenvalue weighted by Crippen LogP contribution is -2.24. The van der Waals surface area contributed by atoms with Gasteiger partial charge in [-0.1, -0.05) is 25.1 Å². The Hall–Kier alpha value is -1.77. The van der Waals surface area contributed by atoms with Crippen LogP contribution in [-0.4, -0.2) is 12.5 Å². The third-order valence-electron chi connectivity index (χ3n) is 2.49. The highest BCUT2D eigenvalue weighted by atomic mass is 16.3. The minimum absolute atomic E-state index is 0.0797. The molecule has 0 bridgehead atoms. The largest absolute Gasteiger partial charge is 0.461 e. The second-order valence-corrected chi connectivity index (χ2v) is 3.70. The number of hydrogen-bond acceptors (Lipinski definition) is 2. The van der Waals surface area contributed by atoms with Crippen LogP contribution in [0.15, 0.2) is 34.7 Å². The van der Waals surface area contributed by atoms with E-state index in [1.165, 1.54) is 0 Å². The van der Waals surface area contributed by atoms with Gasteiger partial charge in [0.15, 0.2) is 0 Å². The summed E-state index contributed by atoms with van der Waals surface area (Å²) >= 11 is 0. The van der Waals surface area contributed by atoms with Gasteiger partial charge in [0.05, 0.1) is 0 Å². The molecular formula is C13H15NO2. The highest BCUT2D eigenvalue weighted by Gasteiger charge is 2.03. The summed E-state index contributed by atoms with van der Waals surface area (Å²) in [7, 11) is 0. The Morgan fingerprint density at radius 1 is 1.38 bits per heavy atom. The van der Waals surface area contributed by atoms with Crippen molar-refractivity contribution in [2.24, 2.45) is 0 Å². The van der Waals surface area contributed by atoms with E-state index in [1.807, 2.05) is 37.3 Å². The van der Waals surface area contributed by atoms with Gasteiger partial charge in [-0.25, -0.2) is 0 Å². The molecule has 0 spiro atoms. The molecule has 1 heterocycles. The Morgan fingerprint density at radius 3 is 2.94 bits per heavy atom. The summed E-state index contributed by atoms with van der Waals surface area (Å²) in [6.45, 7) is 2.48. The van der Waals surface area contributed by atoms with Crippen molar-refractivity contribution < 1.29 is 9.21 Å². The van der Waals surface area contributed by atoms with E-state index >= 15 is 0 Å². The first kappa shape index (κ1) is 10.7. The number of carbonyl (C=O) groups excluding carboxylic acids is 1. The quantitative estimate of drug-likeness (QED) is 0.855. The van der Waals surface area contributed by atoms with Crippen molar-refractivity contribution in [1.82, 2.24) is 5.32 Å². The van der Waals surface area contributed by atoms with Crippen LogP contribution >= 0.6 is 0 Å². The number of furan rings is 1. The van der Waals surface area contributed by atoms with E-state index < -0.39 is 0 Å². The molecule has 2 aromatic rings. The molecule has 0 saturated heterocycles. The smallest absolute Gasteiger partial charge is 0.219 e. The maximum Gasteiger partial charge on any atom is 0.219 e. The lowest BCUT2D eigenvalue weighted by atomic mass is 10.2. The topological polar surface area (TPSA) is 42.2 Å². The standard InChI is InChI=1S/C13H15NO2/c1-2-13(15)14-8-7-11-9-10-5-3-4-6-12(10)16-11/h3-6,9H,2,7-8H2,1H3,(H,14,15). The maximum atomic E-state index is 11.0. The third kappa shape index (κ3) is 2.42. The Bertz CT molecular complexity index is 454. The Labute approximate surface area is 94.4 Å². The van der Waals surface area contributed by atoms with Crippen molar-refractivity contribution >= 4 is 16.9 Å². The second-order valence-electron chi connectivity index (χ2n) is 3.70. The van der Waals surface area contributed by atoms with Crippen molar-refractivity contribution in [3.63, 3.8) is 0 Å². The molecule has 84 valence electrons. The van der Waals surface area contributed by atoms with Gasteiger partial charge in [-0.15, -0.1) is 0 Å². The molecule has 0 saturated carbocycles. The van der Waals surface area contributed by atoms with Crippen LogP contribution in [0.1, 0.15) is 19.1 Å². The number of benzene rings is 1. The lowest BCUT2D eigenvalue weighted by molar-refractivity contribution is -0.120. The Morgan fingerprint density at radius 2 is 2.19 bits per heavy atom. The lowest BCUT2D eigenvalue weighted by Gasteiger charge is -2.00. The molecule has 0 unspecified atom stereocenters. The van der Waals surface area contributed by atoms with Gasteiger partial charge in [0.2, 0.25) is 5.91 Å². The molecule has 1 amide bonds. The van der Waals surface area contributed by atoms with Gasteiger partial charge in [-0.3, -0.25) is 4.79 Å². The summed E-state index contributed by atoms with van der Waals surface area (Å²) in [4.78, 5) is 11.0. The van der Waals surface area contributed by atoms with Crippen LogP contribution in [0.3, 0.4) is 0 Å². The zero-order valence-electron chi connectivity index (χ0n) is 9.32. The summed E-state index contributed by atoms with van der Waals surface area (Å²) in [5.41, 5.74) is 0.902. The van der Waals surface area contributed by atoms with Crippen molar-refractivity contribution in [2.75, 3.05) is 6.54 Å². The number of hydrogen-bond donors (Lipinski definition) is 1. The third-order valence-corrected chi connectivity index (χ3v) is 2.49. The summed E-state index contributed by atoms with van der Waals surface area (Å²) < 4.78 is 5.63. The fourth-order valence-corrected chi connectivity index (χ4v) is 1.61. The SMILES string of the molecule is CCC(=O)NCCc1cc2ccccc2o1. The van der Waals surface area contributed by atoms with Crippen LogP contribution in [0.5, 0.6) is 0 Å². The van der Waals surface area contributed by atoms with Crippen LogP contribution < -0.4 is 5.32 Å². The first-order valence-electron chi connectivity index (χ1n) is 5.53. The minimum atomic E-state index is 0.0797. The molecule has 0 fully saturated rings. The molecule has 1 N–H and O–H groups in total.